The van der Waals surface area contributed by atoms with E-state index in [4.69, 9.17) is 0 Å². The molecule has 126 valence electrons. The van der Waals surface area contributed by atoms with Gasteiger partial charge in [0.05, 0.1) is 0 Å². The number of carbonyl (C=O) groups excluding carboxylic acids is 1. The Kier molecular flexibility index (Phi) is 6.84. The second-order valence-corrected chi connectivity index (χ2v) is 6.70. The third-order valence-electron chi connectivity index (χ3n) is 3.89. The van der Waals surface area contributed by atoms with E-state index in [9.17, 15) is 4.79 Å². The first-order valence-electron chi connectivity index (χ1n) is 8.45. The molecule has 2 rings (SSSR count). The van der Waals surface area contributed by atoms with E-state index in [2.05, 4.69) is 41.0 Å². The molecular weight excluding hydrogens is 306 g/mol. The highest BCUT2D eigenvalue weighted by atomic mass is 32.2. The SMILES string of the molecule is CCCCNC(=O)c1[nH]c2ccc(NSCCCC)cc2c1C. The van der Waals surface area contributed by atoms with Crippen molar-refractivity contribution in [1.29, 1.82) is 0 Å². The van der Waals surface area contributed by atoms with E-state index in [-0.39, 0.29) is 5.91 Å². The fourth-order valence-electron chi connectivity index (χ4n) is 2.44. The third-order valence-corrected chi connectivity index (χ3v) is 4.76. The van der Waals surface area contributed by atoms with Gasteiger partial charge in [-0.05, 0) is 43.5 Å². The number of hydrogen-bond donors (Lipinski definition) is 3. The second-order valence-electron chi connectivity index (χ2n) is 5.80. The van der Waals surface area contributed by atoms with E-state index >= 15 is 0 Å². The van der Waals surface area contributed by atoms with Gasteiger partial charge in [-0.15, -0.1) is 0 Å². The number of aromatic amines is 1. The highest BCUT2D eigenvalue weighted by Gasteiger charge is 2.14. The Morgan fingerprint density at radius 1 is 1.22 bits per heavy atom. The lowest BCUT2D eigenvalue weighted by atomic mass is 10.1. The fourth-order valence-corrected chi connectivity index (χ4v) is 3.26. The van der Waals surface area contributed by atoms with Gasteiger partial charge in [0.2, 0.25) is 0 Å². The summed E-state index contributed by atoms with van der Waals surface area (Å²) in [6, 6.07) is 6.20. The lowest BCUT2D eigenvalue weighted by Gasteiger charge is -2.05. The smallest absolute Gasteiger partial charge is 0.268 e. The molecule has 0 fully saturated rings. The number of aromatic nitrogens is 1. The maximum absolute atomic E-state index is 12.3. The summed E-state index contributed by atoms with van der Waals surface area (Å²) in [7, 11) is 0. The molecule has 0 aliphatic rings. The first kappa shape index (κ1) is 17.7. The molecule has 0 radical (unpaired) electrons. The van der Waals surface area contributed by atoms with E-state index in [1.165, 1.54) is 12.8 Å². The van der Waals surface area contributed by atoms with Gasteiger partial charge in [0.25, 0.3) is 5.91 Å². The molecule has 3 N–H and O–H groups in total. The first-order chi connectivity index (χ1) is 11.2. The number of carbonyl (C=O) groups is 1. The Bertz CT molecular complexity index is 651. The third kappa shape index (κ3) is 4.67. The summed E-state index contributed by atoms with van der Waals surface area (Å²) >= 11 is 1.73. The molecule has 0 saturated carbocycles. The first-order valence-corrected chi connectivity index (χ1v) is 9.44. The van der Waals surface area contributed by atoms with Crippen molar-refractivity contribution in [3.63, 3.8) is 0 Å². The van der Waals surface area contributed by atoms with E-state index in [0.717, 1.165) is 47.3 Å². The molecule has 1 heterocycles. The van der Waals surface area contributed by atoms with Crippen LogP contribution in [-0.4, -0.2) is 23.2 Å². The number of amides is 1. The average Bonchev–Trinajstić information content (AvgIpc) is 2.88. The van der Waals surface area contributed by atoms with Gasteiger partial charge in [-0.25, -0.2) is 0 Å². The van der Waals surface area contributed by atoms with Crippen molar-refractivity contribution in [2.45, 2.75) is 46.5 Å². The lowest BCUT2D eigenvalue weighted by Crippen LogP contribution is -2.25. The molecule has 1 amide bonds. The van der Waals surface area contributed by atoms with Crippen LogP contribution >= 0.6 is 11.9 Å². The average molecular weight is 334 g/mol. The molecule has 0 atom stereocenters. The molecule has 1 aromatic heterocycles. The molecule has 1 aromatic carbocycles. The molecule has 4 nitrogen and oxygen atoms in total. The zero-order valence-corrected chi connectivity index (χ0v) is 15.1. The molecule has 0 spiro atoms. The van der Waals surface area contributed by atoms with Crippen molar-refractivity contribution >= 4 is 34.4 Å². The second kappa shape index (κ2) is 8.87. The van der Waals surface area contributed by atoms with Gasteiger partial charge in [0, 0.05) is 28.9 Å². The summed E-state index contributed by atoms with van der Waals surface area (Å²) in [5.74, 6) is 1.09. The molecule has 0 aliphatic heterocycles. The predicted molar refractivity (Wildman–Crippen MR) is 101 cm³/mol. The zero-order valence-electron chi connectivity index (χ0n) is 14.3. The molecule has 23 heavy (non-hydrogen) atoms. The van der Waals surface area contributed by atoms with Crippen LogP contribution in [0.5, 0.6) is 0 Å². The highest BCUT2D eigenvalue weighted by Crippen LogP contribution is 2.26. The van der Waals surface area contributed by atoms with Crippen LogP contribution in [0.3, 0.4) is 0 Å². The van der Waals surface area contributed by atoms with Crippen molar-refractivity contribution in [1.82, 2.24) is 10.3 Å². The van der Waals surface area contributed by atoms with Crippen LogP contribution in [-0.2, 0) is 0 Å². The number of fused-ring (bicyclic) bond motifs is 1. The van der Waals surface area contributed by atoms with Crippen molar-refractivity contribution in [2.75, 3.05) is 17.0 Å². The standard InChI is InChI=1S/C18H27N3OS/c1-4-6-10-19-18(22)17-13(3)15-12-14(8-9-16(15)20-17)21-23-11-7-5-2/h8-9,12,20-21H,4-7,10-11H2,1-3H3,(H,19,22). The predicted octanol–water partition coefficient (Wildman–Crippen LogP) is 4.87. The molecular formula is C18H27N3OS. The van der Waals surface area contributed by atoms with E-state index in [0.29, 0.717) is 5.69 Å². The van der Waals surface area contributed by atoms with Crippen LogP contribution in [0.1, 0.15) is 55.6 Å². The van der Waals surface area contributed by atoms with Gasteiger partial charge in [0.15, 0.2) is 0 Å². The number of anilines is 1. The van der Waals surface area contributed by atoms with Crippen molar-refractivity contribution in [3.8, 4) is 0 Å². The number of benzene rings is 1. The molecule has 0 aliphatic carbocycles. The Hall–Kier alpha value is -1.62. The van der Waals surface area contributed by atoms with Gasteiger partial charge in [0.1, 0.15) is 5.69 Å². The van der Waals surface area contributed by atoms with E-state index in [1.807, 2.05) is 13.0 Å². The van der Waals surface area contributed by atoms with E-state index in [1.54, 1.807) is 11.9 Å². The summed E-state index contributed by atoms with van der Waals surface area (Å²) in [5.41, 5.74) is 3.77. The minimum Gasteiger partial charge on any atom is -0.351 e. The van der Waals surface area contributed by atoms with Crippen molar-refractivity contribution < 1.29 is 4.79 Å². The van der Waals surface area contributed by atoms with Gasteiger partial charge in [-0.2, -0.15) is 0 Å². The number of aryl methyl sites for hydroxylation is 1. The Labute approximate surface area is 142 Å². The number of H-pyrrole nitrogens is 1. The molecule has 0 bridgehead atoms. The number of nitrogens with one attached hydrogen (secondary N) is 3. The molecule has 0 unspecified atom stereocenters. The monoisotopic (exact) mass is 333 g/mol. The Morgan fingerprint density at radius 3 is 2.74 bits per heavy atom. The topological polar surface area (TPSA) is 56.9 Å². The van der Waals surface area contributed by atoms with E-state index < -0.39 is 0 Å². The zero-order chi connectivity index (χ0) is 16.7. The van der Waals surface area contributed by atoms with Gasteiger partial charge in [-0.3, -0.25) is 4.79 Å². The van der Waals surface area contributed by atoms with Gasteiger partial charge < -0.3 is 15.0 Å². The summed E-state index contributed by atoms with van der Waals surface area (Å²) in [6.45, 7) is 7.04. The maximum atomic E-state index is 12.3. The highest BCUT2D eigenvalue weighted by molar-refractivity contribution is 8.00. The Balaban J connectivity index is 2.10. The normalized spacial score (nSPS) is 10.9. The van der Waals surface area contributed by atoms with Crippen LogP contribution < -0.4 is 10.0 Å². The van der Waals surface area contributed by atoms with Gasteiger partial charge in [-0.1, -0.05) is 38.6 Å². The van der Waals surface area contributed by atoms with Crippen LogP contribution in [0.4, 0.5) is 5.69 Å². The van der Waals surface area contributed by atoms with Gasteiger partial charge >= 0.3 is 0 Å². The van der Waals surface area contributed by atoms with Crippen molar-refractivity contribution in [3.05, 3.63) is 29.5 Å². The summed E-state index contributed by atoms with van der Waals surface area (Å²) in [6.07, 6.45) is 4.51. The summed E-state index contributed by atoms with van der Waals surface area (Å²) < 4.78 is 3.38. The van der Waals surface area contributed by atoms with Crippen LogP contribution in [0.15, 0.2) is 18.2 Å². The minimum atomic E-state index is -0.0148. The molecule has 0 saturated heterocycles. The van der Waals surface area contributed by atoms with Crippen molar-refractivity contribution in [2.24, 2.45) is 0 Å². The summed E-state index contributed by atoms with van der Waals surface area (Å²) in [5, 5.41) is 4.08. The fraction of sp³-hybridized carbons (Fsp3) is 0.500. The largest absolute Gasteiger partial charge is 0.351 e. The molecule has 2 aromatic rings. The molecule has 5 heteroatoms. The quantitative estimate of drug-likeness (QED) is 0.453. The minimum absolute atomic E-state index is 0.0148. The number of rotatable bonds is 9. The Morgan fingerprint density at radius 2 is 2.00 bits per heavy atom. The number of unbranched alkanes of at least 4 members (excludes halogenated alkanes) is 2. The lowest BCUT2D eigenvalue weighted by molar-refractivity contribution is 0.0948. The number of hydrogen-bond acceptors (Lipinski definition) is 3. The van der Waals surface area contributed by atoms with Crippen LogP contribution in [0, 0.1) is 6.92 Å². The van der Waals surface area contributed by atoms with Crippen LogP contribution in [0.2, 0.25) is 0 Å². The van der Waals surface area contributed by atoms with Crippen LogP contribution in [0.25, 0.3) is 10.9 Å². The summed E-state index contributed by atoms with van der Waals surface area (Å²) in [4.78, 5) is 15.5. The maximum Gasteiger partial charge on any atom is 0.268 e.